The summed E-state index contributed by atoms with van der Waals surface area (Å²) in [4.78, 5) is 2.22. The third kappa shape index (κ3) is 4.30. The molecule has 5 rings (SSSR count). The molecule has 0 aliphatic carbocycles. The Balaban J connectivity index is 1.52. The normalized spacial score (nSPS) is 16.4. The second-order valence-corrected chi connectivity index (χ2v) is 8.08. The smallest absolute Gasteiger partial charge is 0.127 e. The van der Waals surface area contributed by atoms with E-state index in [2.05, 4.69) is 27.8 Å². The van der Waals surface area contributed by atoms with Crippen molar-refractivity contribution < 1.29 is 13.5 Å². The minimum Gasteiger partial charge on any atom is -0.457 e. The summed E-state index contributed by atoms with van der Waals surface area (Å²) in [5, 5.41) is 0. The van der Waals surface area contributed by atoms with E-state index in [0.717, 1.165) is 48.3 Å². The van der Waals surface area contributed by atoms with Gasteiger partial charge in [-0.2, -0.15) is 0 Å². The Labute approximate surface area is 186 Å². The lowest BCUT2D eigenvalue weighted by Crippen LogP contribution is -2.30. The maximum absolute atomic E-state index is 14.5. The standard InChI is InChI=1S/C27H24F2N2O/c28-22-12-13-25(29)21(17-22)19-31-16-6-15-30-14-5-11-26(30)27(31)20-7-4-10-24(18-20)32-23-8-2-1-3-9-23/h1-5,7-14,17-18,27H,6,15-16,19H2. The van der Waals surface area contributed by atoms with Crippen molar-refractivity contribution in [2.75, 3.05) is 6.54 Å². The highest BCUT2D eigenvalue weighted by molar-refractivity contribution is 5.38. The van der Waals surface area contributed by atoms with Crippen LogP contribution in [0, 0.1) is 11.6 Å². The number of para-hydroxylation sites is 1. The number of fused-ring (bicyclic) bond motifs is 1. The lowest BCUT2D eigenvalue weighted by atomic mass is 10.0. The Bertz CT molecular complexity index is 1210. The van der Waals surface area contributed by atoms with Crippen molar-refractivity contribution in [2.24, 2.45) is 0 Å². The van der Waals surface area contributed by atoms with E-state index < -0.39 is 5.82 Å². The van der Waals surface area contributed by atoms with Crippen LogP contribution in [-0.2, 0) is 13.1 Å². The Hall–Kier alpha value is -3.44. The molecule has 4 aromatic rings. The number of ether oxygens (including phenoxy) is 1. The molecule has 162 valence electrons. The third-order valence-corrected chi connectivity index (χ3v) is 5.89. The summed E-state index contributed by atoms with van der Waals surface area (Å²) in [6.45, 7) is 1.98. The van der Waals surface area contributed by atoms with Gasteiger partial charge >= 0.3 is 0 Å². The molecule has 32 heavy (non-hydrogen) atoms. The van der Waals surface area contributed by atoms with Crippen LogP contribution in [0.1, 0.15) is 29.3 Å². The van der Waals surface area contributed by atoms with Gasteiger partial charge in [-0.3, -0.25) is 4.90 Å². The minimum atomic E-state index is -0.422. The predicted octanol–water partition coefficient (Wildman–Crippen LogP) is 6.55. The zero-order valence-electron chi connectivity index (χ0n) is 17.6. The number of rotatable bonds is 5. The number of nitrogens with zero attached hydrogens (tertiary/aromatic N) is 2. The molecule has 5 heteroatoms. The van der Waals surface area contributed by atoms with Gasteiger partial charge in [-0.05, 0) is 66.6 Å². The van der Waals surface area contributed by atoms with Gasteiger partial charge in [-0.1, -0.05) is 30.3 Å². The zero-order chi connectivity index (χ0) is 21.9. The number of hydrogen-bond acceptors (Lipinski definition) is 2. The molecular formula is C27H24F2N2O. The van der Waals surface area contributed by atoms with Crippen molar-refractivity contribution in [3.63, 3.8) is 0 Å². The summed E-state index contributed by atoms with van der Waals surface area (Å²) in [6.07, 6.45) is 3.01. The fourth-order valence-corrected chi connectivity index (χ4v) is 4.45. The fraction of sp³-hybridized carbons (Fsp3) is 0.185. The molecule has 0 spiro atoms. The average molecular weight is 430 g/mol. The summed E-state index contributed by atoms with van der Waals surface area (Å²) >= 11 is 0. The van der Waals surface area contributed by atoms with Crippen LogP contribution < -0.4 is 4.74 Å². The number of aryl methyl sites for hydroxylation is 1. The molecule has 2 heterocycles. The summed E-state index contributed by atoms with van der Waals surface area (Å²) in [5.74, 6) is 0.709. The van der Waals surface area contributed by atoms with Crippen LogP contribution in [-0.4, -0.2) is 16.0 Å². The average Bonchev–Trinajstić information content (AvgIpc) is 3.18. The first-order valence-electron chi connectivity index (χ1n) is 10.8. The highest BCUT2D eigenvalue weighted by Gasteiger charge is 2.28. The number of aromatic nitrogens is 1. The van der Waals surface area contributed by atoms with Crippen molar-refractivity contribution in [1.82, 2.24) is 9.47 Å². The lowest BCUT2D eigenvalue weighted by Gasteiger charge is -2.31. The minimum absolute atomic E-state index is 0.102. The molecule has 1 unspecified atom stereocenters. The monoisotopic (exact) mass is 430 g/mol. The molecule has 0 bridgehead atoms. The number of benzene rings is 3. The quantitative estimate of drug-likeness (QED) is 0.357. The SMILES string of the molecule is Fc1ccc(F)c(CN2CCCn3cccc3C2c2cccc(Oc3ccccc3)c2)c1. The van der Waals surface area contributed by atoms with Gasteiger partial charge in [0.2, 0.25) is 0 Å². The van der Waals surface area contributed by atoms with Crippen molar-refractivity contribution in [3.05, 3.63) is 120 Å². The van der Waals surface area contributed by atoms with E-state index in [9.17, 15) is 8.78 Å². The molecule has 0 radical (unpaired) electrons. The van der Waals surface area contributed by atoms with Crippen LogP contribution in [0.5, 0.6) is 11.5 Å². The molecule has 1 aromatic heterocycles. The Morgan fingerprint density at radius 3 is 2.53 bits per heavy atom. The van der Waals surface area contributed by atoms with E-state index in [1.807, 2.05) is 54.6 Å². The molecule has 3 nitrogen and oxygen atoms in total. The van der Waals surface area contributed by atoms with Crippen LogP contribution >= 0.6 is 0 Å². The van der Waals surface area contributed by atoms with Crippen molar-refractivity contribution in [1.29, 1.82) is 0 Å². The third-order valence-electron chi connectivity index (χ3n) is 5.89. The number of halogens is 2. The highest BCUT2D eigenvalue weighted by atomic mass is 19.1. The second-order valence-electron chi connectivity index (χ2n) is 8.08. The van der Waals surface area contributed by atoms with Gasteiger partial charge < -0.3 is 9.30 Å². The molecule has 0 saturated heterocycles. The maximum atomic E-state index is 14.5. The summed E-state index contributed by atoms with van der Waals surface area (Å²) in [5.41, 5.74) is 2.56. The van der Waals surface area contributed by atoms with Crippen LogP contribution in [0.4, 0.5) is 8.78 Å². The second kappa shape index (κ2) is 8.97. The first kappa shape index (κ1) is 20.5. The van der Waals surface area contributed by atoms with Crippen LogP contribution in [0.25, 0.3) is 0 Å². The molecule has 1 atom stereocenters. The van der Waals surface area contributed by atoms with Crippen LogP contribution in [0.3, 0.4) is 0 Å². The van der Waals surface area contributed by atoms with Gasteiger partial charge in [0, 0.05) is 37.1 Å². The summed E-state index contributed by atoms with van der Waals surface area (Å²) in [6, 6.07) is 25.4. The van der Waals surface area contributed by atoms with E-state index in [-0.39, 0.29) is 11.9 Å². The van der Waals surface area contributed by atoms with E-state index in [0.29, 0.717) is 12.1 Å². The maximum Gasteiger partial charge on any atom is 0.127 e. The Kier molecular flexibility index (Phi) is 5.73. The topological polar surface area (TPSA) is 17.4 Å². The van der Waals surface area contributed by atoms with Crippen molar-refractivity contribution in [3.8, 4) is 11.5 Å². The summed E-state index contributed by atoms with van der Waals surface area (Å²) in [7, 11) is 0. The molecule has 0 saturated carbocycles. The molecule has 0 fully saturated rings. The zero-order valence-corrected chi connectivity index (χ0v) is 17.6. The Morgan fingerprint density at radius 1 is 0.812 bits per heavy atom. The van der Waals surface area contributed by atoms with Crippen LogP contribution in [0.15, 0.2) is 91.1 Å². The molecule has 0 amide bonds. The fourth-order valence-electron chi connectivity index (χ4n) is 4.45. The van der Waals surface area contributed by atoms with E-state index in [1.165, 1.54) is 12.1 Å². The molecule has 1 aliphatic rings. The van der Waals surface area contributed by atoms with Gasteiger partial charge in [-0.15, -0.1) is 0 Å². The van der Waals surface area contributed by atoms with Gasteiger partial charge in [0.1, 0.15) is 23.1 Å². The van der Waals surface area contributed by atoms with Gasteiger partial charge in [-0.25, -0.2) is 8.78 Å². The number of hydrogen-bond donors (Lipinski definition) is 0. The molecule has 3 aromatic carbocycles. The first-order chi connectivity index (χ1) is 15.7. The van der Waals surface area contributed by atoms with Gasteiger partial charge in [0.25, 0.3) is 0 Å². The van der Waals surface area contributed by atoms with E-state index >= 15 is 0 Å². The molecule has 0 N–H and O–H groups in total. The van der Waals surface area contributed by atoms with Crippen LogP contribution in [0.2, 0.25) is 0 Å². The first-order valence-corrected chi connectivity index (χ1v) is 10.8. The van der Waals surface area contributed by atoms with Gasteiger partial charge in [0.05, 0.1) is 6.04 Å². The summed E-state index contributed by atoms with van der Waals surface area (Å²) < 4.78 is 36.6. The lowest BCUT2D eigenvalue weighted by molar-refractivity contribution is 0.217. The Morgan fingerprint density at radius 2 is 1.66 bits per heavy atom. The van der Waals surface area contributed by atoms with Crippen molar-refractivity contribution in [2.45, 2.75) is 25.6 Å². The van der Waals surface area contributed by atoms with E-state index in [4.69, 9.17) is 4.74 Å². The van der Waals surface area contributed by atoms with Gasteiger partial charge in [0.15, 0.2) is 0 Å². The van der Waals surface area contributed by atoms with Crippen molar-refractivity contribution >= 4 is 0 Å². The highest BCUT2D eigenvalue weighted by Crippen LogP contribution is 2.35. The molecule has 1 aliphatic heterocycles. The largest absolute Gasteiger partial charge is 0.457 e. The molecular weight excluding hydrogens is 406 g/mol. The van der Waals surface area contributed by atoms with E-state index in [1.54, 1.807) is 0 Å². The predicted molar refractivity (Wildman–Crippen MR) is 121 cm³/mol.